The molecule has 1 fully saturated rings. The number of rotatable bonds is 3. The van der Waals surface area contributed by atoms with Gasteiger partial charge in [0.1, 0.15) is 28.0 Å². The van der Waals surface area contributed by atoms with Crippen molar-refractivity contribution in [3.63, 3.8) is 0 Å². The monoisotopic (exact) mass is 331 g/mol. The van der Waals surface area contributed by atoms with Gasteiger partial charge in [-0.3, -0.25) is 9.69 Å². The normalized spacial score (nSPS) is 23.4. The van der Waals surface area contributed by atoms with Gasteiger partial charge in [-0.05, 0) is 6.08 Å². The van der Waals surface area contributed by atoms with Gasteiger partial charge in [0.05, 0.1) is 6.33 Å². The van der Waals surface area contributed by atoms with Crippen molar-refractivity contribution in [1.82, 2.24) is 14.5 Å². The number of aliphatic carboxylic acids is 1. The second-order valence-electron chi connectivity index (χ2n) is 5.70. The second kappa shape index (κ2) is 5.09. The molecule has 2 atom stereocenters. The Balaban J connectivity index is 1.58. The SMILES string of the molecule is Cn1cnc2cc[n+](CC3C(=O)N4C(C(=O)O)=CCS[C@@H]34)cc21. The van der Waals surface area contributed by atoms with Gasteiger partial charge in [-0.25, -0.2) is 14.3 Å². The summed E-state index contributed by atoms with van der Waals surface area (Å²) in [5, 5.41) is 9.10. The topological polar surface area (TPSA) is 79.3 Å². The summed E-state index contributed by atoms with van der Waals surface area (Å²) >= 11 is 1.61. The van der Waals surface area contributed by atoms with Crippen LogP contribution < -0.4 is 4.57 Å². The highest BCUT2D eigenvalue weighted by atomic mass is 32.2. The van der Waals surface area contributed by atoms with Crippen molar-refractivity contribution < 1.29 is 19.3 Å². The van der Waals surface area contributed by atoms with Gasteiger partial charge >= 0.3 is 5.97 Å². The number of carbonyl (C=O) groups excluding carboxylic acids is 1. The molecule has 0 spiro atoms. The van der Waals surface area contributed by atoms with E-state index in [1.54, 1.807) is 24.2 Å². The number of hydrogen-bond acceptors (Lipinski definition) is 4. The van der Waals surface area contributed by atoms with Crippen LogP contribution in [0.4, 0.5) is 0 Å². The summed E-state index contributed by atoms with van der Waals surface area (Å²) in [6.45, 7) is 0.543. The lowest BCUT2D eigenvalue weighted by Crippen LogP contribution is -2.64. The summed E-state index contributed by atoms with van der Waals surface area (Å²) in [6.07, 6.45) is 7.24. The Kier molecular flexibility index (Phi) is 3.15. The lowest BCUT2D eigenvalue weighted by atomic mass is 9.96. The van der Waals surface area contributed by atoms with Crippen molar-refractivity contribution in [1.29, 1.82) is 0 Å². The fourth-order valence-corrected chi connectivity index (χ4v) is 4.36. The van der Waals surface area contributed by atoms with Crippen molar-refractivity contribution in [2.24, 2.45) is 13.0 Å². The summed E-state index contributed by atoms with van der Waals surface area (Å²) in [6, 6.07) is 1.92. The second-order valence-corrected chi connectivity index (χ2v) is 6.85. The number of fused-ring (bicyclic) bond motifs is 2. The number of nitrogens with zero attached hydrogens (tertiary/aromatic N) is 4. The number of thioether (sulfide) groups is 1. The number of carbonyl (C=O) groups is 2. The number of β-lactam (4-membered cyclic amide) rings is 1. The van der Waals surface area contributed by atoms with Gasteiger partial charge in [0.25, 0.3) is 0 Å². The molecule has 0 radical (unpaired) electrons. The average Bonchev–Trinajstić information content (AvgIpc) is 2.92. The number of aryl methyl sites for hydroxylation is 1. The first-order valence-corrected chi connectivity index (χ1v) is 8.29. The molecular formula is C15H15N4O3S+. The van der Waals surface area contributed by atoms with E-state index >= 15 is 0 Å². The molecule has 8 heteroatoms. The Morgan fingerprint density at radius 1 is 1.57 bits per heavy atom. The third-order valence-electron chi connectivity index (χ3n) is 4.31. The van der Waals surface area contributed by atoms with Gasteiger partial charge in [-0.15, -0.1) is 11.8 Å². The zero-order chi connectivity index (χ0) is 16.1. The molecular weight excluding hydrogens is 316 g/mol. The van der Waals surface area contributed by atoms with Crippen LogP contribution in [0.1, 0.15) is 0 Å². The summed E-state index contributed by atoms with van der Waals surface area (Å²) < 4.78 is 3.91. The Morgan fingerprint density at radius 3 is 3.17 bits per heavy atom. The molecule has 2 aromatic rings. The van der Waals surface area contributed by atoms with Crippen LogP contribution in [-0.4, -0.2) is 42.6 Å². The minimum absolute atomic E-state index is 0.0895. The summed E-state index contributed by atoms with van der Waals surface area (Å²) in [5.74, 6) is -0.726. The van der Waals surface area contributed by atoms with Crippen LogP contribution in [-0.2, 0) is 23.2 Å². The van der Waals surface area contributed by atoms with Crippen molar-refractivity contribution >= 4 is 34.7 Å². The molecule has 4 rings (SSSR count). The number of carboxylic acids is 1. The van der Waals surface area contributed by atoms with E-state index < -0.39 is 5.97 Å². The van der Waals surface area contributed by atoms with E-state index in [0.717, 1.165) is 11.0 Å². The molecule has 0 aromatic carbocycles. The largest absolute Gasteiger partial charge is 0.477 e. The fraction of sp³-hybridized carbons (Fsp3) is 0.333. The fourth-order valence-electron chi connectivity index (χ4n) is 3.10. The van der Waals surface area contributed by atoms with Gasteiger partial charge in [-0.1, -0.05) is 0 Å². The maximum Gasteiger partial charge on any atom is 0.352 e. The summed E-state index contributed by atoms with van der Waals surface area (Å²) in [5.41, 5.74) is 2.02. The lowest BCUT2D eigenvalue weighted by molar-refractivity contribution is -0.701. The van der Waals surface area contributed by atoms with E-state index in [-0.39, 0.29) is 22.9 Å². The van der Waals surface area contributed by atoms with Gasteiger partial charge in [0, 0.05) is 18.9 Å². The highest BCUT2D eigenvalue weighted by Gasteiger charge is 2.53. The van der Waals surface area contributed by atoms with Crippen LogP contribution >= 0.6 is 11.8 Å². The zero-order valence-corrected chi connectivity index (χ0v) is 13.2. The van der Waals surface area contributed by atoms with E-state index in [9.17, 15) is 14.7 Å². The average molecular weight is 331 g/mol. The number of amides is 1. The van der Waals surface area contributed by atoms with Gasteiger partial charge in [0.2, 0.25) is 5.91 Å². The van der Waals surface area contributed by atoms with E-state index in [0.29, 0.717) is 12.3 Å². The number of imidazole rings is 1. The zero-order valence-electron chi connectivity index (χ0n) is 12.4. The Morgan fingerprint density at radius 2 is 2.39 bits per heavy atom. The molecule has 0 saturated carbocycles. The third kappa shape index (κ3) is 2.13. The van der Waals surface area contributed by atoms with Crippen LogP contribution in [0, 0.1) is 5.92 Å². The number of carboxylic acid groups (broad SMARTS) is 1. The molecule has 118 valence electrons. The van der Waals surface area contributed by atoms with Gasteiger partial charge in [-0.2, -0.15) is 0 Å². The molecule has 23 heavy (non-hydrogen) atoms. The van der Waals surface area contributed by atoms with Crippen LogP contribution in [0.5, 0.6) is 0 Å². The highest BCUT2D eigenvalue weighted by Crippen LogP contribution is 2.41. The molecule has 1 N–H and O–H groups in total. The number of aromatic nitrogens is 3. The minimum Gasteiger partial charge on any atom is -0.477 e. The molecule has 1 unspecified atom stereocenters. The first-order valence-electron chi connectivity index (χ1n) is 7.24. The number of pyridine rings is 1. The van der Waals surface area contributed by atoms with E-state index in [2.05, 4.69) is 4.98 Å². The van der Waals surface area contributed by atoms with Crippen molar-refractivity contribution in [2.75, 3.05) is 5.75 Å². The standard InChI is InChI=1S/C15H14N4O3S/c1-17-8-16-10-2-4-18(7-12(10)17)6-9-13(20)19-11(15(21)22)3-5-23-14(9)19/h2-4,7-9,14H,5-6H2,1H3/p+1/t9?,14-/m0/s1. The van der Waals surface area contributed by atoms with E-state index in [1.807, 2.05) is 34.6 Å². The van der Waals surface area contributed by atoms with Crippen molar-refractivity contribution in [3.8, 4) is 0 Å². The number of hydrogen-bond donors (Lipinski definition) is 1. The first-order chi connectivity index (χ1) is 11.1. The highest BCUT2D eigenvalue weighted by molar-refractivity contribution is 8.00. The predicted molar refractivity (Wildman–Crippen MR) is 83.2 cm³/mol. The molecule has 1 saturated heterocycles. The van der Waals surface area contributed by atoms with Crippen molar-refractivity contribution in [2.45, 2.75) is 11.9 Å². The molecule has 2 aliphatic heterocycles. The maximum atomic E-state index is 12.4. The molecule has 2 aromatic heterocycles. The summed E-state index contributed by atoms with van der Waals surface area (Å²) in [4.78, 5) is 29.3. The lowest BCUT2D eigenvalue weighted by Gasteiger charge is -2.47. The van der Waals surface area contributed by atoms with Gasteiger partial charge in [0.15, 0.2) is 18.9 Å². The van der Waals surface area contributed by atoms with Crippen LogP contribution in [0.3, 0.4) is 0 Å². The summed E-state index contributed by atoms with van der Waals surface area (Å²) in [7, 11) is 1.93. The quantitative estimate of drug-likeness (QED) is 0.649. The van der Waals surface area contributed by atoms with Crippen LogP contribution in [0.15, 0.2) is 36.6 Å². The molecule has 1 amide bonds. The Bertz CT molecular complexity index is 860. The Hall–Kier alpha value is -2.35. The third-order valence-corrected chi connectivity index (χ3v) is 5.55. The minimum atomic E-state index is -1.04. The van der Waals surface area contributed by atoms with Crippen LogP contribution in [0.25, 0.3) is 11.0 Å². The van der Waals surface area contributed by atoms with Gasteiger partial charge < -0.3 is 9.67 Å². The first kappa shape index (κ1) is 14.3. The smallest absolute Gasteiger partial charge is 0.352 e. The van der Waals surface area contributed by atoms with Crippen LogP contribution in [0.2, 0.25) is 0 Å². The van der Waals surface area contributed by atoms with E-state index in [1.165, 1.54) is 4.90 Å². The molecule has 0 bridgehead atoms. The predicted octanol–water partition coefficient (Wildman–Crippen LogP) is 0.361. The maximum absolute atomic E-state index is 12.4. The molecule has 7 nitrogen and oxygen atoms in total. The molecule has 2 aliphatic rings. The van der Waals surface area contributed by atoms with E-state index in [4.69, 9.17) is 0 Å². The van der Waals surface area contributed by atoms with Crippen molar-refractivity contribution in [3.05, 3.63) is 36.6 Å². The molecule has 0 aliphatic carbocycles. The Labute approximate surface area is 136 Å². The molecule has 4 heterocycles.